The van der Waals surface area contributed by atoms with E-state index in [2.05, 4.69) is 27.6 Å². The maximum Gasteiger partial charge on any atom is 0.280 e. The molecule has 2 N–H and O–H groups in total. The summed E-state index contributed by atoms with van der Waals surface area (Å²) in [4.78, 5) is 48.9. The van der Waals surface area contributed by atoms with Crippen molar-refractivity contribution in [3.05, 3.63) is 62.6 Å². The van der Waals surface area contributed by atoms with Gasteiger partial charge in [0.25, 0.3) is 11.8 Å². The molecule has 2 aromatic carbocycles. The van der Waals surface area contributed by atoms with Gasteiger partial charge in [0.05, 0.1) is 11.7 Å². The van der Waals surface area contributed by atoms with E-state index in [1.165, 1.54) is 11.3 Å². The van der Waals surface area contributed by atoms with Crippen molar-refractivity contribution in [2.45, 2.75) is 44.3 Å². The van der Waals surface area contributed by atoms with Crippen LogP contribution in [-0.2, 0) is 17.8 Å². The highest BCUT2D eigenvalue weighted by Gasteiger charge is 2.37. The van der Waals surface area contributed by atoms with Crippen LogP contribution in [-0.4, -0.2) is 72.3 Å². The van der Waals surface area contributed by atoms with Crippen LogP contribution in [0.4, 0.5) is 0 Å². The van der Waals surface area contributed by atoms with Crippen LogP contribution in [0.15, 0.2) is 36.4 Å². The van der Waals surface area contributed by atoms with Crippen molar-refractivity contribution in [1.82, 2.24) is 25.4 Å². The van der Waals surface area contributed by atoms with Crippen LogP contribution in [0.1, 0.15) is 50.0 Å². The first-order chi connectivity index (χ1) is 18.2. The van der Waals surface area contributed by atoms with Crippen LogP contribution in [0.25, 0.3) is 10.8 Å². The smallest absolute Gasteiger partial charge is 0.280 e. The average Bonchev–Trinajstić information content (AvgIpc) is 3.32. The number of carbonyl (C=O) groups is 3. The lowest BCUT2D eigenvalue weighted by molar-refractivity contribution is -0.134. The van der Waals surface area contributed by atoms with Crippen molar-refractivity contribution in [1.29, 1.82) is 0 Å². The average molecular weight is 591 g/mol. The topological polar surface area (TPSA) is 94.6 Å². The van der Waals surface area contributed by atoms with Gasteiger partial charge < -0.3 is 20.4 Å². The second-order valence-corrected chi connectivity index (χ2v) is 12.0. The molecule has 2 heterocycles. The maximum atomic E-state index is 13.3. The van der Waals surface area contributed by atoms with Gasteiger partial charge in [-0.3, -0.25) is 14.4 Å². The predicted octanol–water partition coefficient (Wildman–Crippen LogP) is 4.14. The first-order valence-electron chi connectivity index (χ1n) is 12.9. The third kappa shape index (κ3) is 6.54. The Morgan fingerprint density at radius 3 is 2.51 bits per heavy atom. The summed E-state index contributed by atoms with van der Waals surface area (Å²) in [6.07, 6.45) is 2.51. The lowest BCUT2D eigenvalue weighted by Crippen LogP contribution is -2.55. The predicted molar refractivity (Wildman–Crippen MR) is 157 cm³/mol. The fourth-order valence-electron chi connectivity index (χ4n) is 5.35. The first kappa shape index (κ1) is 29.3. The molecule has 1 aromatic heterocycles. The summed E-state index contributed by atoms with van der Waals surface area (Å²) in [5.74, 6) is -0.643. The van der Waals surface area contributed by atoms with E-state index in [0.29, 0.717) is 34.9 Å². The first-order valence-corrected chi connectivity index (χ1v) is 14.1. The Morgan fingerprint density at radius 2 is 1.74 bits per heavy atom. The number of likely N-dealkylation sites (N-methyl/N-ethyl adjacent to an activating group) is 1. The van der Waals surface area contributed by atoms with E-state index in [-0.39, 0.29) is 42.1 Å². The Hall–Kier alpha value is -2.72. The van der Waals surface area contributed by atoms with Crippen molar-refractivity contribution in [3.63, 3.8) is 0 Å². The van der Waals surface area contributed by atoms with Crippen LogP contribution in [0.3, 0.4) is 0 Å². The number of benzene rings is 2. The summed E-state index contributed by atoms with van der Waals surface area (Å²) in [7, 11) is 5.55. The van der Waals surface area contributed by atoms with Gasteiger partial charge in [0.2, 0.25) is 5.91 Å². The molecule has 1 aliphatic carbocycles. The highest BCUT2D eigenvalue weighted by atomic mass is 35.5. The third-order valence-electron chi connectivity index (χ3n) is 7.45. The highest BCUT2D eigenvalue weighted by Crippen LogP contribution is 2.29. The number of carbonyl (C=O) groups excluding carboxylic acids is 3. The Labute approximate surface area is 243 Å². The molecular formula is C28H33Cl2N5O3S. The molecule has 208 valence electrons. The standard InChI is InChI=1S/C28H32ClN5O3S.ClH/c1-33(2)28(37)19-7-9-21(30-25(35)18-5-4-17-13-20(29)8-6-16(17)12-18)23(14-19)31-26(36)27-32-22-10-11-34(3)15-24(22)38-27;/h4-6,8,12-13,19,21,23H,7,9-11,14-15H2,1-3H3,(H,30,35)(H,31,36);1H. The lowest BCUT2D eigenvalue weighted by atomic mass is 9.81. The number of nitrogens with one attached hydrogen (secondary N) is 2. The Balaban J connectivity index is 0.00000353. The van der Waals surface area contributed by atoms with Crippen molar-refractivity contribution in [2.75, 3.05) is 27.7 Å². The van der Waals surface area contributed by atoms with Gasteiger partial charge in [-0.2, -0.15) is 0 Å². The highest BCUT2D eigenvalue weighted by molar-refractivity contribution is 7.13. The van der Waals surface area contributed by atoms with Crippen molar-refractivity contribution in [3.8, 4) is 0 Å². The van der Waals surface area contributed by atoms with E-state index in [1.807, 2.05) is 24.3 Å². The lowest BCUT2D eigenvalue weighted by Gasteiger charge is -2.37. The van der Waals surface area contributed by atoms with E-state index in [0.717, 1.165) is 40.9 Å². The van der Waals surface area contributed by atoms with Gasteiger partial charge in [-0.05, 0) is 61.3 Å². The van der Waals surface area contributed by atoms with Crippen molar-refractivity contribution < 1.29 is 14.4 Å². The fraction of sp³-hybridized carbons (Fsp3) is 0.429. The molecule has 0 saturated heterocycles. The molecule has 0 radical (unpaired) electrons. The minimum Gasteiger partial charge on any atom is -0.349 e. The van der Waals surface area contributed by atoms with E-state index in [1.54, 1.807) is 31.1 Å². The maximum absolute atomic E-state index is 13.3. The molecule has 3 unspecified atom stereocenters. The summed E-state index contributed by atoms with van der Waals surface area (Å²) in [6, 6.07) is 10.4. The normalized spacial score (nSPS) is 21.0. The number of amides is 3. The third-order valence-corrected chi connectivity index (χ3v) is 8.77. The Morgan fingerprint density at radius 1 is 1.03 bits per heavy atom. The Bertz CT molecular complexity index is 1390. The van der Waals surface area contributed by atoms with Crippen LogP contribution in [0.2, 0.25) is 5.02 Å². The zero-order chi connectivity index (χ0) is 27.0. The van der Waals surface area contributed by atoms with Crippen LogP contribution in [0, 0.1) is 5.92 Å². The van der Waals surface area contributed by atoms with Gasteiger partial charge in [-0.25, -0.2) is 4.98 Å². The second-order valence-electron chi connectivity index (χ2n) is 10.5. The SMILES string of the molecule is CN1CCc2nc(C(=O)NC3CC(C(=O)N(C)C)CCC3NC(=O)c3ccc4cc(Cl)ccc4c3)sc2C1.Cl. The summed E-state index contributed by atoms with van der Waals surface area (Å²) in [6.45, 7) is 1.71. The Kier molecular flexibility index (Phi) is 9.16. The summed E-state index contributed by atoms with van der Waals surface area (Å²) >= 11 is 7.52. The molecule has 3 amide bonds. The zero-order valence-electron chi connectivity index (χ0n) is 22.2. The molecule has 2 aliphatic rings. The number of aromatic nitrogens is 1. The van der Waals surface area contributed by atoms with E-state index < -0.39 is 6.04 Å². The number of hydrogen-bond acceptors (Lipinski definition) is 6. The molecule has 1 fully saturated rings. The number of hydrogen-bond donors (Lipinski definition) is 2. The number of thiazole rings is 1. The van der Waals surface area contributed by atoms with Gasteiger partial charge in [-0.15, -0.1) is 23.7 Å². The van der Waals surface area contributed by atoms with Gasteiger partial charge >= 0.3 is 0 Å². The van der Waals surface area contributed by atoms with Gasteiger partial charge in [0, 0.05) is 61.0 Å². The van der Waals surface area contributed by atoms with Crippen LogP contribution in [0.5, 0.6) is 0 Å². The van der Waals surface area contributed by atoms with E-state index in [4.69, 9.17) is 11.6 Å². The largest absolute Gasteiger partial charge is 0.349 e. The van der Waals surface area contributed by atoms with Gasteiger partial charge in [0.15, 0.2) is 5.01 Å². The molecule has 11 heteroatoms. The number of fused-ring (bicyclic) bond motifs is 2. The van der Waals surface area contributed by atoms with Gasteiger partial charge in [-0.1, -0.05) is 23.7 Å². The fourth-order valence-corrected chi connectivity index (χ4v) is 6.62. The number of halogens is 2. The molecule has 39 heavy (non-hydrogen) atoms. The van der Waals surface area contributed by atoms with Crippen molar-refractivity contribution in [2.24, 2.45) is 5.92 Å². The summed E-state index contributed by atoms with van der Waals surface area (Å²) < 4.78 is 0. The molecule has 5 rings (SSSR count). The minimum atomic E-state index is -0.392. The number of rotatable bonds is 5. The van der Waals surface area contributed by atoms with Crippen LogP contribution < -0.4 is 10.6 Å². The number of nitrogens with zero attached hydrogens (tertiary/aromatic N) is 3. The zero-order valence-corrected chi connectivity index (χ0v) is 24.6. The minimum absolute atomic E-state index is 0. The molecule has 0 spiro atoms. The summed E-state index contributed by atoms with van der Waals surface area (Å²) in [5.41, 5.74) is 1.53. The molecule has 1 saturated carbocycles. The monoisotopic (exact) mass is 589 g/mol. The molecule has 3 atom stereocenters. The second kappa shape index (κ2) is 12.2. The molecular weight excluding hydrogens is 557 g/mol. The quantitative estimate of drug-likeness (QED) is 0.466. The molecule has 3 aromatic rings. The molecule has 8 nitrogen and oxygen atoms in total. The summed E-state index contributed by atoms with van der Waals surface area (Å²) in [5, 5.41) is 9.21. The van der Waals surface area contributed by atoms with Crippen molar-refractivity contribution >= 4 is 63.8 Å². The molecule has 0 bridgehead atoms. The van der Waals surface area contributed by atoms with E-state index in [9.17, 15) is 14.4 Å². The van der Waals surface area contributed by atoms with Gasteiger partial charge in [0.1, 0.15) is 0 Å². The van der Waals surface area contributed by atoms with Crippen LogP contribution >= 0.6 is 35.3 Å². The van der Waals surface area contributed by atoms with E-state index >= 15 is 0 Å². The molecule has 1 aliphatic heterocycles.